The van der Waals surface area contributed by atoms with E-state index in [0.29, 0.717) is 17.1 Å². The van der Waals surface area contributed by atoms with Crippen LogP contribution in [0.4, 0.5) is 0 Å². The number of aryl methyl sites for hydroxylation is 1. The molecule has 0 saturated heterocycles. The van der Waals surface area contributed by atoms with E-state index >= 15 is 0 Å². The molecule has 1 aromatic heterocycles. The number of benzene rings is 1. The van der Waals surface area contributed by atoms with Crippen LogP contribution in [0, 0.1) is 0 Å². The predicted molar refractivity (Wildman–Crippen MR) is 70.8 cm³/mol. The maximum Gasteiger partial charge on any atom is 0.171 e. The number of hydrogen-bond acceptors (Lipinski definition) is 4. The van der Waals surface area contributed by atoms with Crippen molar-refractivity contribution >= 4 is 5.78 Å². The van der Waals surface area contributed by atoms with Gasteiger partial charge in [0.15, 0.2) is 17.3 Å². The van der Waals surface area contributed by atoms with E-state index in [1.807, 2.05) is 13.2 Å². The number of aromatic nitrogens is 2. The van der Waals surface area contributed by atoms with Gasteiger partial charge in [-0.15, -0.1) is 0 Å². The van der Waals surface area contributed by atoms with Crippen LogP contribution in [0.5, 0.6) is 11.5 Å². The fourth-order valence-corrected chi connectivity index (χ4v) is 1.95. The molecule has 0 atom stereocenters. The fraction of sp³-hybridized carbons (Fsp3) is 0.286. The smallest absolute Gasteiger partial charge is 0.171 e. The third-order valence-electron chi connectivity index (χ3n) is 2.83. The van der Waals surface area contributed by atoms with Crippen LogP contribution in [-0.2, 0) is 13.5 Å². The summed E-state index contributed by atoms with van der Waals surface area (Å²) in [6.45, 7) is 0. The maximum atomic E-state index is 12.3. The number of ketones is 1. The summed E-state index contributed by atoms with van der Waals surface area (Å²) < 4.78 is 12.1. The van der Waals surface area contributed by atoms with E-state index in [-0.39, 0.29) is 12.2 Å². The summed E-state index contributed by atoms with van der Waals surface area (Å²) in [4.78, 5) is 12.3. The molecule has 0 fully saturated rings. The molecule has 0 N–H and O–H groups in total. The minimum Gasteiger partial charge on any atom is -0.493 e. The Balaban J connectivity index is 2.28. The summed E-state index contributed by atoms with van der Waals surface area (Å²) in [7, 11) is 4.89. The molecule has 0 bridgehead atoms. The molecule has 5 nitrogen and oxygen atoms in total. The molecule has 1 aromatic carbocycles. The van der Waals surface area contributed by atoms with Crippen molar-refractivity contribution in [3.05, 3.63) is 41.7 Å². The Morgan fingerprint density at radius 1 is 1.32 bits per heavy atom. The Morgan fingerprint density at radius 3 is 2.68 bits per heavy atom. The number of rotatable bonds is 5. The van der Waals surface area contributed by atoms with Crippen molar-refractivity contribution in [3.63, 3.8) is 0 Å². The van der Waals surface area contributed by atoms with E-state index in [9.17, 15) is 4.79 Å². The zero-order valence-corrected chi connectivity index (χ0v) is 11.2. The summed E-state index contributed by atoms with van der Waals surface area (Å²) in [6.07, 6.45) is 3.80. The van der Waals surface area contributed by atoms with Crippen molar-refractivity contribution in [2.24, 2.45) is 7.05 Å². The molecular weight excluding hydrogens is 244 g/mol. The molecule has 1 heterocycles. The molecule has 0 amide bonds. The third-order valence-corrected chi connectivity index (χ3v) is 2.83. The van der Waals surface area contributed by atoms with Gasteiger partial charge in [0.25, 0.3) is 0 Å². The lowest BCUT2D eigenvalue weighted by Crippen LogP contribution is -2.06. The molecule has 0 spiro atoms. The van der Waals surface area contributed by atoms with Crippen LogP contribution in [0.15, 0.2) is 30.6 Å². The average molecular weight is 260 g/mol. The number of nitrogens with zero attached hydrogens (tertiary/aromatic N) is 2. The minimum absolute atomic E-state index is 0.0243. The Morgan fingerprint density at radius 2 is 2.11 bits per heavy atom. The van der Waals surface area contributed by atoms with Crippen molar-refractivity contribution in [2.75, 3.05) is 14.2 Å². The van der Waals surface area contributed by atoms with Crippen LogP contribution in [-0.4, -0.2) is 29.8 Å². The third kappa shape index (κ3) is 2.76. The molecule has 0 aliphatic carbocycles. The second kappa shape index (κ2) is 5.56. The molecule has 2 aromatic rings. The van der Waals surface area contributed by atoms with Gasteiger partial charge >= 0.3 is 0 Å². The van der Waals surface area contributed by atoms with Crippen LogP contribution in [0.3, 0.4) is 0 Å². The first-order valence-corrected chi connectivity index (χ1v) is 5.87. The summed E-state index contributed by atoms with van der Waals surface area (Å²) >= 11 is 0. The lowest BCUT2D eigenvalue weighted by molar-refractivity contribution is 0.0989. The molecule has 0 unspecified atom stereocenters. The van der Waals surface area contributed by atoms with Gasteiger partial charge in [-0.25, -0.2) is 0 Å². The van der Waals surface area contributed by atoms with Crippen LogP contribution < -0.4 is 9.47 Å². The second-order valence-corrected chi connectivity index (χ2v) is 4.16. The van der Waals surface area contributed by atoms with Crippen molar-refractivity contribution in [2.45, 2.75) is 6.42 Å². The fourth-order valence-electron chi connectivity index (χ4n) is 1.95. The molecular formula is C14H16N2O3. The van der Waals surface area contributed by atoms with Crippen molar-refractivity contribution in [1.29, 1.82) is 0 Å². The van der Waals surface area contributed by atoms with Gasteiger partial charge in [-0.05, 0) is 17.7 Å². The molecule has 2 rings (SSSR count). The number of Topliss-reactive ketones (excluding diaryl/α,β-unsaturated/α-hetero) is 1. The number of para-hydroxylation sites is 1. The van der Waals surface area contributed by atoms with Gasteiger partial charge < -0.3 is 9.47 Å². The standard InChI is InChI=1S/C14H16N2O3/c1-16-9-10(8-15-16)7-12(17)11-5-4-6-13(18-2)14(11)19-3/h4-6,8-9H,7H2,1-3H3. The largest absolute Gasteiger partial charge is 0.493 e. The minimum atomic E-state index is -0.0243. The Bertz CT molecular complexity index is 590. The highest BCUT2D eigenvalue weighted by molar-refractivity contribution is 6.00. The lowest BCUT2D eigenvalue weighted by Gasteiger charge is -2.11. The predicted octanol–water partition coefficient (Wildman–Crippen LogP) is 1.86. The zero-order chi connectivity index (χ0) is 13.8. The lowest BCUT2D eigenvalue weighted by atomic mass is 10.0. The van der Waals surface area contributed by atoms with Crippen LogP contribution in [0.1, 0.15) is 15.9 Å². The molecule has 0 aliphatic rings. The van der Waals surface area contributed by atoms with E-state index in [1.165, 1.54) is 7.11 Å². The maximum absolute atomic E-state index is 12.3. The van der Waals surface area contributed by atoms with E-state index in [4.69, 9.17) is 9.47 Å². The van der Waals surface area contributed by atoms with Crippen molar-refractivity contribution < 1.29 is 14.3 Å². The van der Waals surface area contributed by atoms with Gasteiger partial charge in [-0.2, -0.15) is 5.10 Å². The number of carbonyl (C=O) groups is 1. The van der Waals surface area contributed by atoms with E-state index in [2.05, 4.69) is 5.10 Å². The number of methoxy groups -OCH3 is 2. The first kappa shape index (κ1) is 13.1. The van der Waals surface area contributed by atoms with E-state index < -0.39 is 0 Å². The summed E-state index contributed by atoms with van der Waals surface area (Å²) in [5.41, 5.74) is 1.39. The van der Waals surface area contributed by atoms with Gasteiger partial charge in [-0.3, -0.25) is 9.48 Å². The second-order valence-electron chi connectivity index (χ2n) is 4.16. The Hall–Kier alpha value is -2.30. The Kier molecular flexibility index (Phi) is 3.85. The van der Waals surface area contributed by atoms with E-state index in [0.717, 1.165) is 5.56 Å². The van der Waals surface area contributed by atoms with Crippen LogP contribution in [0.2, 0.25) is 0 Å². The SMILES string of the molecule is COc1cccc(C(=O)Cc2cnn(C)c2)c1OC. The summed E-state index contributed by atoms with van der Waals surface area (Å²) in [6, 6.07) is 5.28. The highest BCUT2D eigenvalue weighted by Crippen LogP contribution is 2.31. The summed E-state index contributed by atoms with van der Waals surface area (Å²) in [5, 5.41) is 4.05. The quantitative estimate of drug-likeness (QED) is 0.770. The Labute approximate surface area is 111 Å². The molecule has 0 aliphatic heterocycles. The molecule has 19 heavy (non-hydrogen) atoms. The van der Waals surface area contributed by atoms with Crippen molar-refractivity contribution in [1.82, 2.24) is 9.78 Å². The van der Waals surface area contributed by atoms with E-state index in [1.54, 1.807) is 36.2 Å². The van der Waals surface area contributed by atoms with Crippen molar-refractivity contribution in [3.8, 4) is 11.5 Å². The highest BCUT2D eigenvalue weighted by Gasteiger charge is 2.17. The van der Waals surface area contributed by atoms with Gasteiger partial charge in [-0.1, -0.05) is 6.07 Å². The zero-order valence-electron chi connectivity index (χ0n) is 11.2. The molecule has 100 valence electrons. The monoisotopic (exact) mass is 260 g/mol. The van der Waals surface area contributed by atoms with Crippen LogP contribution in [0.25, 0.3) is 0 Å². The molecule has 0 saturated carbocycles. The molecule has 5 heteroatoms. The van der Waals surface area contributed by atoms with Gasteiger partial charge in [0.2, 0.25) is 0 Å². The highest BCUT2D eigenvalue weighted by atomic mass is 16.5. The average Bonchev–Trinajstić information content (AvgIpc) is 2.82. The topological polar surface area (TPSA) is 53.3 Å². The van der Waals surface area contributed by atoms with Gasteiger partial charge in [0.1, 0.15) is 0 Å². The summed E-state index contributed by atoms with van der Waals surface area (Å²) in [5.74, 6) is 1.00. The number of hydrogen-bond donors (Lipinski definition) is 0. The first-order chi connectivity index (χ1) is 9.15. The van der Waals surface area contributed by atoms with Gasteiger partial charge in [0.05, 0.1) is 26.0 Å². The first-order valence-electron chi connectivity index (χ1n) is 5.87. The van der Waals surface area contributed by atoms with Crippen LogP contribution >= 0.6 is 0 Å². The normalized spacial score (nSPS) is 10.3. The van der Waals surface area contributed by atoms with Gasteiger partial charge in [0, 0.05) is 19.7 Å². The molecule has 0 radical (unpaired) electrons. The number of carbonyl (C=O) groups excluding carboxylic acids is 1. The number of ether oxygens (including phenoxy) is 2.